The van der Waals surface area contributed by atoms with Crippen molar-refractivity contribution in [3.8, 4) is 11.5 Å². The van der Waals surface area contributed by atoms with Crippen LogP contribution >= 0.6 is 23.4 Å². The SMILES string of the molecule is NN=C(N)SCc1cc(Cl)c2c(c1)OCCCO2. The van der Waals surface area contributed by atoms with Gasteiger partial charge in [-0.15, -0.1) is 0 Å². The maximum atomic E-state index is 6.17. The quantitative estimate of drug-likeness (QED) is 0.376. The molecule has 98 valence electrons. The first-order valence-electron chi connectivity index (χ1n) is 5.45. The molecule has 0 saturated heterocycles. The number of nitrogens with two attached hydrogens (primary N) is 2. The molecule has 7 heteroatoms. The van der Waals surface area contributed by atoms with Crippen molar-refractivity contribution in [1.29, 1.82) is 0 Å². The highest BCUT2D eigenvalue weighted by atomic mass is 35.5. The zero-order valence-corrected chi connectivity index (χ0v) is 11.3. The summed E-state index contributed by atoms with van der Waals surface area (Å²) in [6, 6.07) is 3.75. The number of nitrogens with zero attached hydrogens (tertiary/aromatic N) is 1. The normalized spacial score (nSPS) is 15.3. The Labute approximate surface area is 114 Å². The van der Waals surface area contributed by atoms with Crippen LogP contribution in [0.3, 0.4) is 0 Å². The van der Waals surface area contributed by atoms with Gasteiger partial charge in [0.1, 0.15) is 0 Å². The predicted octanol–water partition coefficient (Wildman–Crippen LogP) is 1.92. The molecular formula is C11H14ClN3O2S. The third kappa shape index (κ3) is 3.14. The smallest absolute Gasteiger partial charge is 0.179 e. The van der Waals surface area contributed by atoms with Crippen molar-refractivity contribution in [3.05, 3.63) is 22.7 Å². The van der Waals surface area contributed by atoms with E-state index < -0.39 is 0 Å². The molecule has 0 fully saturated rings. The first kappa shape index (κ1) is 13.2. The largest absolute Gasteiger partial charge is 0.489 e. The minimum absolute atomic E-state index is 0.332. The Bertz CT molecular complexity index is 468. The highest BCUT2D eigenvalue weighted by Gasteiger charge is 2.15. The van der Waals surface area contributed by atoms with E-state index >= 15 is 0 Å². The van der Waals surface area contributed by atoms with Gasteiger partial charge in [-0.1, -0.05) is 23.4 Å². The Morgan fingerprint density at radius 1 is 1.39 bits per heavy atom. The van der Waals surface area contributed by atoms with Crippen LogP contribution in [0.4, 0.5) is 0 Å². The summed E-state index contributed by atoms with van der Waals surface area (Å²) in [4.78, 5) is 0. The van der Waals surface area contributed by atoms with Crippen LogP contribution < -0.4 is 21.1 Å². The molecule has 1 heterocycles. The molecule has 1 aliphatic rings. The van der Waals surface area contributed by atoms with Gasteiger partial charge >= 0.3 is 0 Å². The number of fused-ring (bicyclic) bond motifs is 1. The van der Waals surface area contributed by atoms with Crippen LogP contribution in [0.15, 0.2) is 17.2 Å². The lowest BCUT2D eigenvalue weighted by Crippen LogP contribution is -2.09. The van der Waals surface area contributed by atoms with Gasteiger partial charge in [-0.3, -0.25) is 0 Å². The first-order chi connectivity index (χ1) is 8.70. The van der Waals surface area contributed by atoms with Gasteiger partial charge in [-0.25, -0.2) is 0 Å². The van der Waals surface area contributed by atoms with Gasteiger partial charge in [0.05, 0.1) is 18.2 Å². The monoisotopic (exact) mass is 287 g/mol. The van der Waals surface area contributed by atoms with E-state index in [1.165, 1.54) is 11.8 Å². The van der Waals surface area contributed by atoms with Crippen molar-refractivity contribution in [2.24, 2.45) is 16.7 Å². The fourth-order valence-corrected chi connectivity index (χ4v) is 2.41. The predicted molar refractivity (Wildman–Crippen MR) is 74.2 cm³/mol. The Morgan fingerprint density at radius 2 is 2.17 bits per heavy atom. The molecule has 0 aliphatic carbocycles. The lowest BCUT2D eigenvalue weighted by Gasteiger charge is -2.11. The Balaban J connectivity index is 2.18. The zero-order valence-electron chi connectivity index (χ0n) is 9.69. The number of hydrazone groups is 1. The average molecular weight is 288 g/mol. The maximum absolute atomic E-state index is 6.17. The second-order valence-corrected chi connectivity index (χ2v) is 5.11. The average Bonchev–Trinajstić information content (AvgIpc) is 2.61. The number of benzene rings is 1. The number of thioether (sulfide) groups is 1. The fourth-order valence-electron chi connectivity index (χ4n) is 1.56. The van der Waals surface area contributed by atoms with Crippen LogP contribution in [0.2, 0.25) is 5.02 Å². The van der Waals surface area contributed by atoms with Gasteiger partial charge in [0.2, 0.25) is 0 Å². The Hall–Kier alpha value is -1.27. The molecule has 5 nitrogen and oxygen atoms in total. The maximum Gasteiger partial charge on any atom is 0.179 e. The fraction of sp³-hybridized carbons (Fsp3) is 0.364. The molecule has 2 rings (SSSR count). The topological polar surface area (TPSA) is 82.9 Å². The molecule has 0 spiro atoms. The van der Waals surface area contributed by atoms with E-state index in [0.717, 1.165) is 12.0 Å². The summed E-state index contributed by atoms with van der Waals surface area (Å²) in [5.41, 5.74) is 6.51. The van der Waals surface area contributed by atoms with Crippen LogP contribution in [0, 0.1) is 0 Å². The molecule has 0 unspecified atom stereocenters. The third-order valence-corrected chi connectivity index (χ3v) is 3.54. The second kappa shape index (κ2) is 6.06. The number of hydrogen-bond acceptors (Lipinski definition) is 5. The molecule has 1 aromatic rings. The van der Waals surface area contributed by atoms with Gasteiger partial charge in [0, 0.05) is 12.2 Å². The molecule has 4 N–H and O–H groups in total. The van der Waals surface area contributed by atoms with Crippen molar-refractivity contribution in [1.82, 2.24) is 0 Å². The number of rotatable bonds is 2. The van der Waals surface area contributed by atoms with Gasteiger partial charge in [0.15, 0.2) is 16.7 Å². The van der Waals surface area contributed by atoms with Crippen molar-refractivity contribution in [2.75, 3.05) is 13.2 Å². The second-order valence-electron chi connectivity index (χ2n) is 3.71. The number of halogens is 1. The van der Waals surface area contributed by atoms with Gasteiger partial charge in [0.25, 0.3) is 0 Å². The number of hydrogen-bond donors (Lipinski definition) is 2. The summed E-state index contributed by atoms with van der Waals surface area (Å²) >= 11 is 7.51. The molecular weight excluding hydrogens is 274 g/mol. The van der Waals surface area contributed by atoms with E-state index in [-0.39, 0.29) is 0 Å². The molecule has 1 aromatic carbocycles. The minimum Gasteiger partial charge on any atom is -0.489 e. The van der Waals surface area contributed by atoms with Gasteiger partial charge < -0.3 is 21.1 Å². The van der Waals surface area contributed by atoms with E-state index in [9.17, 15) is 0 Å². The molecule has 0 radical (unpaired) electrons. The molecule has 0 saturated carbocycles. The summed E-state index contributed by atoms with van der Waals surface area (Å²) in [6.07, 6.45) is 0.849. The molecule has 0 bridgehead atoms. The highest BCUT2D eigenvalue weighted by molar-refractivity contribution is 8.13. The molecule has 18 heavy (non-hydrogen) atoms. The van der Waals surface area contributed by atoms with E-state index in [1.54, 1.807) is 0 Å². The molecule has 0 aromatic heterocycles. The number of ether oxygens (including phenoxy) is 2. The van der Waals surface area contributed by atoms with Crippen molar-refractivity contribution >= 4 is 28.5 Å². The van der Waals surface area contributed by atoms with Crippen molar-refractivity contribution < 1.29 is 9.47 Å². The minimum atomic E-state index is 0.332. The summed E-state index contributed by atoms with van der Waals surface area (Å²) in [6.45, 7) is 1.25. The molecule has 0 atom stereocenters. The van der Waals surface area contributed by atoms with E-state index in [0.29, 0.717) is 40.7 Å². The number of amidine groups is 1. The van der Waals surface area contributed by atoms with Crippen molar-refractivity contribution in [3.63, 3.8) is 0 Å². The van der Waals surface area contributed by atoms with Crippen LogP contribution in [0.25, 0.3) is 0 Å². The molecule has 0 amide bonds. The van der Waals surface area contributed by atoms with E-state index in [2.05, 4.69) is 5.10 Å². The summed E-state index contributed by atoms with van der Waals surface area (Å²) in [5.74, 6) is 6.99. The standard InChI is InChI=1S/C11H14ClN3O2S/c12-8-4-7(6-18-11(13)15-14)5-9-10(8)17-3-1-2-16-9/h4-5H,1-3,6,14H2,(H2,13,15). The van der Waals surface area contributed by atoms with Crippen LogP contribution in [-0.2, 0) is 5.75 Å². The van der Waals surface area contributed by atoms with Crippen molar-refractivity contribution in [2.45, 2.75) is 12.2 Å². The van der Waals surface area contributed by atoms with Crippen LogP contribution in [0.5, 0.6) is 11.5 Å². The Kier molecular flexibility index (Phi) is 4.43. The summed E-state index contributed by atoms with van der Waals surface area (Å²) in [5, 5.41) is 4.28. The molecule has 1 aliphatic heterocycles. The first-order valence-corrected chi connectivity index (χ1v) is 6.81. The van der Waals surface area contributed by atoms with Crippen LogP contribution in [0.1, 0.15) is 12.0 Å². The Morgan fingerprint density at radius 3 is 2.94 bits per heavy atom. The lowest BCUT2D eigenvalue weighted by atomic mass is 10.2. The zero-order chi connectivity index (χ0) is 13.0. The third-order valence-electron chi connectivity index (χ3n) is 2.38. The van der Waals surface area contributed by atoms with Crippen LogP contribution in [-0.4, -0.2) is 18.4 Å². The highest BCUT2D eigenvalue weighted by Crippen LogP contribution is 2.38. The van der Waals surface area contributed by atoms with E-state index in [4.69, 9.17) is 32.7 Å². The summed E-state index contributed by atoms with van der Waals surface area (Å²) < 4.78 is 11.1. The summed E-state index contributed by atoms with van der Waals surface area (Å²) in [7, 11) is 0. The van der Waals surface area contributed by atoms with Gasteiger partial charge in [-0.2, -0.15) is 5.10 Å². The van der Waals surface area contributed by atoms with Gasteiger partial charge in [-0.05, 0) is 17.7 Å². The van der Waals surface area contributed by atoms with E-state index in [1.807, 2.05) is 12.1 Å². The lowest BCUT2D eigenvalue weighted by molar-refractivity contribution is 0.297.